The maximum atomic E-state index is 13.4. The van der Waals surface area contributed by atoms with Gasteiger partial charge in [0.25, 0.3) is 0 Å². The van der Waals surface area contributed by atoms with Crippen LogP contribution in [-0.4, -0.2) is 50.5 Å². The Morgan fingerprint density at radius 3 is 2.32 bits per heavy atom. The molecule has 0 saturated heterocycles. The fourth-order valence-corrected chi connectivity index (χ4v) is 4.86. The minimum absolute atomic E-state index is 0.141. The van der Waals surface area contributed by atoms with Gasteiger partial charge >= 0.3 is 0 Å². The average Bonchev–Trinajstić information content (AvgIpc) is 2.80. The molecule has 0 aliphatic carbocycles. The number of para-hydroxylation sites is 1. The summed E-state index contributed by atoms with van der Waals surface area (Å²) in [6.45, 7) is 6.94. The van der Waals surface area contributed by atoms with Crippen molar-refractivity contribution < 1.29 is 18.0 Å². The number of benzene rings is 2. The van der Waals surface area contributed by atoms with Crippen molar-refractivity contribution in [2.24, 2.45) is 0 Å². The van der Waals surface area contributed by atoms with Gasteiger partial charge in [-0.25, -0.2) is 8.42 Å². The van der Waals surface area contributed by atoms with E-state index in [1.807, 2.05) is 51.1 Å². The van der Waals surface area contributed by atoms with Gasteiger partial charge in [-0.2, -0.15) is 0 Å². The van der Waals surface area contributed by atoms with E-state index in [1.54, 1.807) is 29.2 Å². The van der Waals surface area contributed by atoms with Crippen LogP contribution in [-0.2, 0) is 26.2 Å². The summed E-state index contributed by atoms with van der Waals surface area (Å²) in [6.07, 6.45) is 2.96. The Hall–Kier alpha value is -2.87. The van der Waals surface area contributed by atoms with Crippen molar-refractivity contribution in [1.29, 1.82) is 0 Å². The monoisotopic (exact) mass is 487 g/mol. The third-order valence-electron chi connectivity index (χ3n) is 5.57. The summed E-state index contributed by atoms with van der Waals surface area (Å²) in [5.41, 5.74) is 2.61. The number of aryl methyl sites for hydroxylation is 1. The molecule has 2 rings (SSSR count). The van der Waals surface area contributed by atoms with E-state index < -0.39 is 16.1 Å². The molecule has 0 spiro atoms. The molecule has 186 valence electrons. The van der Waals surface area contributed by atoms with Gasteiger partial charge in [-0.05, 0) is 43.9 Å². The zero-order valence-electron chi connectivity index (χ0n) is 20.7. The van der Waals surface area contributed by atoms with E-state index in [1.165, 1.54) is 4.31 Å². The number of sulfonamides is 1. The molecule has 0 radical (unpaired) electrons. The van der Waals surface area contributed by atoms with Crippen molar-refractivity contribution >= 4 is 27.5 Å². The van der Waals surface area contributed by atoms with Gasteiger partial charge in [0.15, 0.2) is 0 Å². The van der Waals surface area contributed by atoms with Crippen LogP contribution in [0, 0.1) is 6.92 Å². The Balaban J connectivity index is 2.18. The van der Waals surface area contributed by atoms with Crippen LogP contribution in [0.3, 0.4) is 0 Å². The summed E-state index contributed by atoms with van der Waals surface area (Å²) >= 11 is 0. The average molecular weight is 488 g/mol. The minimum atomic E-state index is -3.49. The number of anilines is 1. The van der Waals surface area contributed by atoms with E-state index in [9.17, 15) is 18.0 Å². The zero-order valence-corrected chi connectivity index (χ0v) is 21.5. The first-order valence-corrected chi connectivity index (χ1v) is 13.7. The molecule has 0 aliphatic heterocycles. The highest BCUT2D eigenvalue weighted by Crippen LogP contribution is 2.19. The number of nitrogens with zero attached hydrogens (tertiary/aromatic N) is 2. The Labute approximate surface area is 204 Å². The van der Waals surface area contributed by atoms with E-state index in [4.69, 9.17) is 0 Å². The molecule has 2 aromatic rings. The maximum Gasteiger partial charge on any atom is 0.242 e. The van der Waals surface area contributed by atoms with Crippen molar-refractivity contribution in [2.75, 3.05) is 23.7 Å². The van der Waals surface area contributed by atoms with Crippen LogP contribution in [0.4, 0.5) is 5.69 Å². The molecule has 0 saturated carbocycles. The highest BCUT2D eigenvalue weighted by atomic mass is 32.2. The van der Waals surface area contributed by atoms with Crippen LogP contribution >= 0.6 is 0 Å². The lowest BCUT2D eigenvalue weighted by Gasteiger charge is -2.31. The van der Waals surface area contributed by atoms with Crippen LogP contribution in [0.5, 0.6) is 0 Å². The van der Waals surface area contributed by atoms with Crippen LogP contribution in [0.1, 0.15) is 50.7 Å². The third-order valence-corrected chi connectivity index (χ3v) is 6.76. The topological polar surface area (TPSA) is 86.8 Å². The summed E-state index contributed by atoms with van der Waals surface area (Å²) in [4.78, 5) is 27.8. The molecular formula is C26H37N3O4S. The molecule has 0 aliphatic rings. The number of carbonyl (C=O) groups is 2. The second-order valence-corrected chi connectivity index (χ2v) is 10.4. The maximum absolute atomic E-state index is 13.4. The van der Waals surface area contributed by atoms with E-state index in [0.29, 0.717) is 31.6 Å². The van der Waals surface area contributed by atoms with Crippen LogP contribution in [0.25, 0.3) is 0 Å². The normalized spacial score (nSPS) is 12.1. The number of hydrogen-bond acceptors (Lipinski definition) is 4. The van der Waals surface area contributed by atoms with Gasteiger partial charge < -0.3 is 10.2 Å². The fourth-order valence-electron chi connectivity index (χ4n) is 3.89. The predicted molar refractivity (Wildman–Crippen MR) is 137 cm³/mol. The van der Waals surface area contributed by atoms with Gasteiger partial charge in [0.05, 0.1) is 11.9 Å². The second-order valence-electron chi connectivity index (χ2n) is 8.50. The predicted octanol–water partition coefficient (Wildman–Crippen LogP) is 3.87. The van der Waals surface area contributed by atoms with Crippen LogP contribution < -0.4 is 9.62 Å². The molecule has 0 unspecified atom stereocenters. The molecule has 2 aromatic carbocycles. The van der Waals surface area contributed by atoms with Gasteiger partial charge in [0.1, 0.15) is 6.04 Å². The number of rotatable bonds is 13. The van der Waals surface area contributed by atoms with Crippen molar-refractivity contribution in [3.8, 4) is 0 Å². The second kappa shape index (κ2) is 13.1. The van der Waals surface area contributed by atoms with E-state index in [2.05, 4.69) is 5.32 Å². The van der Waals surface area contributed by atoms with Crippen molar-refractivity contribution in [3.63, 3.8) is 0 Å². The lowest BCUT2D eigenvalue weighted by Crippen LogP contribution is -2.49. The van der Waals surface area contributed by atoms with Crippen molar-refractivity contribution in [3.05, 3.63) is 65.7 Å². The number of amides is 2. The summed E-state index contributed by atoms with van der Waals surface area (Å²) in [5, 5.41) is 2.91. The van der Waals surface area contributed by atoms with Crippen LogP contribution in [0.15, 0.2) is 54.6 Å². The van der Waals surface area contributed by atoms with Gasteiger partial charge in [0.2, 0.25) is 21.8 Å². The molecule has 0 bridgehead atoms. The fraction of sp³-hybridized carbons (Fsp3) is 0.462. The standard InChI is InChI=1S/C26H37N3O4S/c1-5-17-27-26(31)24(6-2)28(20-22-13-10-12-21(3)19-22)25(30)16-11-18-29(34(4,32)33)23-14-8-7-9-15-23/h7-10,12-15,19,24H,5-6,11,16-18,20H2,1-4H3,(H,27,31)/t24-/m1/s1. The number of carbonyl (C=O) groups excluding carboxylic acids is 2. The Morgan fingerprint density at radius 1 is 1.03 bits per heavy atom. The first-order valence-electron chi connectivity index (χ1n) is 11.8. The molecule has 1 N–H and O–H groups in total. The van der Waals surface area contributed by atoms with E-state index in [-0.39, 0.29) is 24.8 Å². The summed E-state index contributed by atoms with van der Waals surface area (Å²) in [5.74, 6) is -0.325. The first-order chi connectivity index (χ1) is 16.2. The van der Waals surface area contributed by atoms with Gasteiger partial charge in [-0.15, -0.1) is 0 Å². The van der Waals surface area contributed by atoms with Gasteiger partial charge in [0, 0.05) is 26.1 Å². The van der Waals surface area contributed by atoms with E-state index >= 15 is 0 Å². The molecule has 0 fully saturated rings. The summed E-state index contributed by atoms with van der Waals surface area (Å²) in [7, 11) is -3.49. The number of nitrogens with one attached hydrogen (secondary N) is 1. The lowest BCUT2D eigenvalue weighted by atomic mass is 10.1. The molecule has 0 heterocycles. The Morgan fingerprint density at radius 2 is 1.74 bits per heavy atom. The Bertz CT molecular complexity index is 1040. The number of hydrogen-bond donors (Lipinski definition) is 1. The van der Waals surface area contributed by atoms with Crippen LogP contribution in [0.2, 0.25) is 0 Å². The molecule has 7 nitrogen and oxygen atoms in total. The lowest BCUT2D eigenvalue weighted by molar-refractivity contribution is -0.141. The summed E-state index contributed by atoms with van der Waals surface area (Å²) < 4.78 is 26.0. The molecule has 1 atom stereocenters. The zero-order chi connectivity index (χ0) is 25.1. The molecule has 34 heavy (non-hydrogen) atoms. The molecule has 8 heteroatoms. The highest BCUT2D eigenvalue weighted by molar-refractivity contribution is 7.92. The molecule has 0 aromatic heterocycles. The van der Waals surface area contributed by atoms with Crippen molar-refractivity contribution in [1.82, 2.24) is 10.2 Å². The first kappa shape index (κ1) is 27.4. The Kier molecular flexibility index (Phi) is 10.6. The molecular weight excluding hydrogens is 450 g/mol. The smallest absolute Gasteiger partial charge is 0.242 e. The highest BCUT2D eigenvalue weighted by Gasteiger charge is 2.28. The molecule has 2 amide bonds. The largest absolute Gasteiger partial charge is 0.354 e. The third kappa shape index (κ3) is 8.17. The van der Waals surface area contributed by atoms with Crippen molar-refractivity contribution in [2.45, 2.75) is 59.0 Å². The SMILES string of the molecule is CCCNC(=O)[C@@H](CC)N(Cc1cccc(C)c1)C(=O)CCCN(c1ccccc1)S(C)(=O)=O. The van der Waals surface area contributed by atoms with E-state index in [0.717, 1.165) is 23.8 Å². The van der Waals surface area contributed by atoms with Gasteiger partial charge in [-0.1, -0.05) is 61.9 Å². The quantitative estimate of drug-likeness (QED) is 0.465. The summed E-state index contributed by atoms with van der Waals surface area (Å²) in [6, 6.07) is 16.2. The minimum Gasteiger partial charge on any atom is -0.354 e. The van der Waals surface area contributed by atoms with Gasteiger partial charge in [-0.3, -0.25) is 13.9 Å².